The summed E-state index contributed by atoms with van der Waals surface area (Å²) < 4.78 is 5.04. The van der Waals surface area contributed by atoms with Crippen molar-refractivity contribution in [3.05, 3.63) is 17.0 Å². The Balaban J connectivity index is 3.01. The minimum absolute atomic E-state index is 0.160. The maximum Gasteiger partial charge on any atom is 0.158 e. The fourth-order valence-electron chi connectivity index (χ4n) is 1.61. The third kappa shape index (κ3) is 3.82. The molecule has 0 aliphatic rings. The zero-order valence-corrected chi connectivity index (χ0v) is 12.7. The number of nitrogens with zero attached hydrogens (tertiary/aromatic N) is 3. The maximum absolute atomic E-state index is 6.02. The molecule has 0 spiro atoms. The SMILES string of the molecule is COCc1nc(Cl)cc(N(C)C(C)C(C)(C)C)n1. The summed E-state index contributed by atoms with van der Waals surface area (Å²) in [5.41, 5.74) is 0.160. The summed E-state index contributed by atoms with van der Waals surface area (Å²) in [4.78, 5) is 10.7. The Morgan fingerprint density at radius 2 is 2.00 bits per heavy atom. The zero-order valence-electron chi connectivity index (χ0n) is 12.0. The third-order valence-electron chi connectivity index (χ3n) is 3.20. The van der Waals surface area contributed by atoms with Gasteiger partial charge in [-0.05, 0) is 12.3 Å². The number of aromatic nitrogens is 2. The molecule has 5 heteroatoms. The molecule has 0 saturated carbocycles. The number of ether oxygens (including phenoxy) is 1. The molecule has 0 aliphatic heterocycles. The minimum atomic E-state index is 0.160. The van der Waals surface area contributed by atoms with Crippen molar-refractivity contribution in [2.75, 3.05) is 19.1 Å². The molecule has 4 nitrogen and oxygen atoms in total. The summed E-state index contributed by atoms with van der Waals surface area (Å²) in [6.07, 6.45) is 0. The van der Waals surface area contributed by atoms with Crippen LogP contribution in [0.25, 0.3) is 0 Å². The first kappa shape index (κ1) is 15.2. The summed E-state index contributed by atoms with van der Waals surface area (Å²) in [5, 5.41) is 0.444. The summed E-state index contributed by atoms with van der Waals surface area (Å²) in [7, 11) is 3.64. The summed E-state index contributed by atoms with van der Waals surface area (Å²) in [6, 6.07) is 2.11. The van der Waals surface area contributed by atoms with Crippen LogP contribution in [0.1, 0.15) is 33.5 Å². The molecule has 1 rings (SSSR count). The first-order valence-electron chi connectivity index (χ1n) is 6.01. The Kier molecular flexibility index (Phi) is 4.93. The van der Waals surface area contributed by atoms with Crippen molar-refractivity contribution in [3.63, 3.8) is 0 Å². The van der Waals surface area contributed by atoms with Crippen molar-refractivity contribution in [2.24, 2.45) is 5.41 Å². The van der Waals surface area contributed by atoms with Crippen LogP contribution < -0.4 is 4.90 Å². The highest BCUT2D eigenvalue weighted by atomic mass is 35.5. The molecule has 0 aromatic carbocycles. The largest absolute Gasteiger partial charge is 0.377 e. The van der Waals surface area contributed by atoms with E-state index in [0.29, 0.717) is 23.6 Å². The second kappa shape index (κ2) is 5.85. The number of anilines is 1. The number of halogens is 1. The molecule has 0 bridgehead atoms. The lowest BCUT2D eigenvalue weighted by Crippen LogP contribution is -2.40. The molecule has 1 aromatic heterocycles. The minimum Gasteiger partial charge on any atom is -0.377 e. The molecule has 0 amide bonds. The smallest absolute Gasteiger partial charge is 0.158 e. The van der Waals surface area contributed by atoms with Gasteiger partial charge in [-0.1, -0.05) is 32.4 Å². The van der Waals surface area contributed by atoms with Crippen molar-refractivity contribution in [3.8, 4) is 0 Å². The van der Waals surface area contributed by atoms with Gasteiger partial charge >= 0.3 is 0 Å². The average molecular weight is 272 g/mol. The molecule has 102 valence electrons. The summed E-state index contributed by atoms with van der Waals surface area (Å²) >= 11 is 6.02. The van der Waals surface area contributed by atoms with Crippen LogP contribution in [0.4, 0.5) is 5.82 Å². The molecular weight excluding hydrogens is 250 g/mol. The van der Waals surface area contributed by atoms with Crippen molar-refractivity contribution >= 4 is 17.4 Å². The third-order valence-corrected chi connectivity index (χ3v) is 3.39. The number of hydrogen-bond acceptors (Lipinski definition) is 4. The van der Waals surface area contributed by atoms with Crippen LogP contribution in [0, 0.1) is 5.41 Å². The van der Waals surface area contributed by atoms with Crippen LogP contribution >= 0.6 is 11.6 Å². The Bertz CT molecular complexity index is 404. The van der Waals surface area contributed by atoms with E-state index in [1.54, 1.807) is 13.2 Å². The molecule has 18 heavy (non-hydrogen) atoms. The number of rotatable bonds is 4. The molecule has 0 saturated heterocycles. The lowest BCUT2D eigenvalue weighted by molar-refractivity contribution is 0.177. The van der Waals surface area contributed by atoms with E-state index in [-0.39, 0.29) is 5.41 Å². The predicted octanol–water partition coefficient (Wildman–Crippen LogP) is 3.15. The van der Waals surface area contributed by atoms with Crippen LogP contribution in [0.3, 0.4) is 0 Å². The summed E-state index contributed by atoms with van der Waals surface area (Å²) in [6.45, 7) is 9.14. The zero-order chi connectivity index (χ0) is 13.9. The van der Waals surface area contributed by atoms with Gasteiger partial charge in [-0.3, -0.25) is 0 Å². The van der Waals surface area contributed by atoms with E-state index in [4.69, 9.17) is 16.3 Å². The monoisotopic (exact) mass is 271 g/mol. The van der Waals surface area contributed by atoms with Gasteiger partial charge in [-0.15, -0.1) is 0 Å². The molecule has 1 unspecified atom stereocenters. The highest BCUT2D eigenvalue weighted by Gasteiger charge is 2.25. The van der Waals surface area contributed by atoms with Crippen molar-refractivity contribution in [2.45, 2.75) is 40.3 Å². The molecule has 0 N–H and O–H groups in total. The number of methoxy groups -OCH3 is 1. The number of hydrogen-bond donors (Lipinski definition) is 0. The van der Waals surface area contributed by atoms with Gasteiger partial charge in [-0.25, -0.2) is 9.97 Å². The molecule has 0 aliphatic carbocycles. The summed E-state index contributed by atoms with van der Waals surface area (Å²) in [5.74, 6) is 1.43. The first-order valence-corrected chi connectivity index (χ1v) is 6.38. The van der Waals surface area contributed by atoms with Gasteiger partial charge in [-0.2, -0.15) is 0 Å². The van der Waals surface area contributed by atoms with Gasteiger partial charge in [0.25, 0.3) is 0 Å². The fourth-order valence-corrected chi connectivity index (χ4v) is 1.80. The van der Waals surface area contributed by atoms with E-state index >= 15 is 0 Å². The Morgan fingerprint density at radius 1 is 1.39 bits per heavy atom. The van der Waals surface area contributed by atoms with Gasteiger partial charge in [0.05, 0.1) is 0 Å². The van der Waals surface area contributed by atoms with Crippen LogP contribution in [0.2, 0.25) is 5.15 Å². The Morgan fingerprint density at radius 3 is 2.50 bits per heavy atom. The highest BCUT2D eigenvalue weighted by Crippen LogP contribution is 2.27. The predicted molar refractivity (Wildman–Crippen MR) is 75.1 cm³/mol. The van der Waals surface area contributed by atoms with Crippen molar-refractivity contribution in [1.82, 2.24) is 9.97 Å². The molecule has 1 aromatic rings. The first-order chi connectivity index (χ1) is 8.25. The van der Waals surface area contributed by atoms with E-state index in [2.05, 4.69) is 42.6 Å². The van der Waals surface area contributed by atoms with Gasteiger partial charge in [0, 0.05) is 26.3 Å². The van der Waals surface area contributed by atoms with E-state index in [1.165, 1.54) is 0 Å². The highest BCUT2D eigenvalue weighted by molar-refractivity contribution is 6.29. The van der Waals surface area contributed by atoms with Crippen LogP contribution in [0.5, 0.6) is 0 Å². The lowest BCUT2D eigenvalue weighted by Gasteiger charge is -2.36. The molecular formula is C13H22ClN3O. The van der Waals surface area contributed by atoms with E-state index in [1.807, 2.05) is 7.05 Å². The van der Waals surface area contributed by atoms with Crippen LogP contribution in [0.15, 0.2) is 6.07 Å². The molecule has 1 atom stereocenters. The molecule has 1 heterocycles. The van der Waals surface area contributed by atoms with E-state index < -0.39 is 0 Å². The second-order valence-electron chi connectivity index (χ2n) is 5.55. The quantitative estimate of drug-likeness (QED) is 0.789. The second-order valence-corrected chi connectivity index (χ2v) is 5.94. The van der Waals surface area contributed by atoms with Crippen LogP contribution in [-0.2, 0) is 11.3 Å². The van der Waals surface area contributed by atoms with Crippen LogP contribution in [-0.4, -0.2) is 30.2 Å². The van der Waals surface area contributed by atoms with Gasteiger partial charge in [0.15, 0.2) is 5.82 Å². The molecule has 0 fully saturated rings. The maximum atomic E-state index is 6.02. The van der Waals surface area contributed by atoms with E-state index in [9.17, 15) is 0 Å². The van der Waals surface area contributed by atoms with E-state index in [0.717, 1.165) is 5.82 Å². The molecule has 0 radical (unpaired) electrons. The topological polar surface area (TPSA) is 38.2 Å². The standard InChI is InChI=1S/C13H22ClN3O/c1-9(13(2,3)4)17(5)12-7-10(14)15-11(16-12)8-18-6/h7,9H,8H2,1-6H3. The average Bonchev–Trinajstić information content (AvgIpc) is 2.25. The van der Waals surface area contributed by atoms with Gasteiger partial charge in [0.2, 0.25) is 0 Å². The van der Waals surface area contributed by atoms with Gasteiger partial charge in [0.1, 0.15) is 17.6 Å². The Hall–Kier alpha value is -0.870. The normalized spacial score (nSPS) is 13.5. The lowest BCUT2D eigenvalue weighted by atomic mass is 9.87. The van der Waals surface area contributed by atoms with Gasteiger partial charge < -0.3 is 9.64 Å². The van der Waals surface area contributed by atoms with Crippen molar-refractivity contribution < 1.29 is 4.74 Å². The van der Waals surface area contributed by atoms with Crippen molar-refractivity contribution in [1.29, 1.82) is 0 Å². The fraction of sp³-hybridized carbons (Fsp3) is 0.692. The Labute approximate surface area is 114 Å².